The van der Waals surface area contributed by atoms with Gasteiger partial charge in [0.25, 0.3) is 0 Å². The molecule has 1 aromatic heterocycles. The first-order valence-electron chi connectivity index (χ1n) is 6.31. The fourth-order valence-corrected chi connectivity index (χ4v) is 5.34. The van der Waals surface area contributed by atoms with Crippen LogP contribution in [0.5, 0.6) is 0 Å². The molecule has 0 amide bonds. The third kappa shape index (κ3) is 2.98. The van der Waals surface area contributed by atoms with E-state index in [2.05, 4.69) is 80.4 Å². The summed E-state index contributed by atoms with van der Waals surface area (Å²) in [6.07, 6.45) is 0.840. The number of hydrogen-bond donors (Lipinski definition) is 1. The fraction of sp³-hybridized carbons (Fsp3) is 0.125. The van der Waals surface area contributed by atoms with Crippen LogP contribution in [0, 0.1) is 0 Å². The maximum atomic E-state index is 6.34. The van der Waals surface area contributed by atoms with E-state index in [-0.39, 0.29) is 6.04 Å². The lowest BCUT2D eigenvalue weighted by atomic mass is 9.99. The van der Waals surface area contributed by atoms with Gasteiger partial charge in [0, 0.05) is 6.04 Å². The number of rotatable bonds is 3. The largest absolute Gasteiger partial charge is 0.324 e. The van der Waals surface area contributed by atoms with Crippen molar-refractivity contribution in [1.82, 2.24) is 0 Å². The van der Waals surface area contributed by atoms with E-state index in [1.54, 1.807) is 11.3 Å². The second-order valence-electron chi connectivity index (χ2n) is 4.77. The quantitative estimate of drug-likeness (QED) is 0.591. The molecule has 0 spiro atoms. The van der Waals surface area contributed by atoms with Crippen LogP contribution in [0.3, 0.4) is 0 Å². The van der Waals surface area contributed by atoms with Gasteiger partial charge in [-0.05, 0) is 66.2 Å². The van der Waals surface area contributed by atoms with E-state index in [0.29, 0.717) is 0 Å². The van der Waals surface area contributed by atoms with Gasteiger partial charge >= 0.3 is 0 Å². The normalized spacial score (nSPS) is 12.8. The van der Waals surface area contributed by atoms with Crippen LogP contribution in [0.25, 0.3) is 10.8 Å². The molecule has 0 fully saturated rings. The highest BCUT2D eigenvalue weighted by Crippen LogP contribution is 2.35. The SMILES string of the molecule is NC(Cc1ccc2ccccc2c1)c1cc(Br)sc1Br. The molecule has 2 N–H and O–H groups in total. The molecule has 0 aliphatic carbocycles. The highest BCUT2D eigenvalue weighted by Gasteiger charge is 2.14. The van der Waals surface area contributed by atoms with Crippen molar-refractivity contribution in [3.8, 4) is 0 Å². The zero-order chi connectivity index (χ0) is 14.1. The lowest BCUT2D eigenvalue weighted by Crippen LogP contribution is -2.12. The Kier molecular flexibility index (Phi) is 4.26. The van der Waals surface area contributed by atoms with E-state index in [1.807, 2.05) is 0 Å². The lowest BCUT2D eigenvalue weighted by Gasteiger charge is -2.11. The topological polar surface area (TPSA) is 26.0 Å². The van der Waals surface area contributed by atoms with Gasteiger partial charge in [0.2, 0.25) is 0 Å². The molecule has 2 aromatic carbocycles. The van der Waals surface area contributed by atoms with Crippen LogP contribution in [-0.4, -0.2) is 0 Å². The van der Waals surface area contributed by atoms with E-state index in [1.165, 1.54) is 16.3 Å². The first-order chi connectivity index (χ1) is 9.63. The molecule has 1 unspecified atom stereocenters. The summed E-state index contributed by atoms with van der Waals surface area (Å²) in [5.41, 5.74) is 8.77. The molecule has 0 radical (unpaired) electrons. The summed E-state index contributed by atoms with van der Waals surface area (Å²) in [6, 6.07) is 17.1. The molecule has 1 nitrogen and oxygen atoms in total. The molecule has 4 heteroatoms. The third-order valence-corrected chi connectivity index (χ3v) is 5.74. The van der Waals surface area contributed by atoms with Crippen LogP contribution in [0.4, 0.5) is 0 Å². The average molecular weight is 411 g/mol. The van der Waals surface area contributed by atoms with E-state index < -0.39 is 0 Å². The smallest absolute Gasteiger partial charge is 0.0758 e. The Balaban J connectivity index is 1.87. The number of halogens is 2. The molecule has 0 saturated heterocycles. The van der Waals surface area contributed by atoms with Crippen LogP contribution >= 0.6 is 43.2 Å². The molecule has 0 aliphatic rings. The average Bonchev–Trinajstić information content (AvgIpc) is 2.78. The van der Waals surface area contributed by atoms with Gasteiger partial charge < -0.3 is 5.73 Å². The van der Waals surface area contributed by atoms with Gasteiger partial charge in [-0.15, -0.1) is 11.3 Å². The molecule has 1 atom stereocenters. The van der Waals surface area contributed by atoms with Crippen molar-refractivity contribution in [2.24, 2.45) is 5.73 Å². The molecule has 20 heavy (non-hydrogen) atoms. The highest BCUT2D eigenvalue weighted by atomic mass is 79.9. The molecular weight excluding hydrogens is 398 g/mol. The number of nitrogens with two attached hydrogens (primary N) is 1. The predicted octanol–water partition coefficient (Wildman–Crippen LogP) is 5.67. The number of fused-ring (bicyclic) bond motifs is 1. The van der Waals surface area contributed by atoms with Crippen LogP contribution < -0.4 is 5.73 Å². The highest BCUT2D eigenvalue weighted by molar-refractivity contribution is 9.12. The van der Waals surface area contributed by atoms with Gasteiger partial charge in [-0.3, -0.25) is 0 Å². The standard InChI is InChI=1S/C16H13Br2NS/c17-15-9-13(16(18)20-15)14(19)8-10-5-6-11-3-1-2-4-12(11)7-10/h1-7,9,14H,8,19H2. The zero-order valence-corrected chi connectivity index (χ0v) is 14.6. The molecule has 0 saturated carbocycles. The van der Waals surface area contributed by atoms with E-state index in [4.69, 9.17) is 5.73 Å². The Hall–Kier alpha value is -0.680. The molecule has 3 rings (SSSR count). The van der Waals surface area contributed by atoms with Crippen molar-refractivity contribution >= 4 is 54.0 Å². The van der Waals surface area contributed by atoms with E-state index in [0.717, 1.165) is 19.6 Å². The maximum absolute atomic E-state index is 6.34. The number of hydrogen-bond acceptors (Lipinski definition) is 2. The first kappa shape index (κ1) is 14.3. The maximum Gasteiger partial charge on any atom is 0.0758 e. The summed E-state index contributed by atoms with van der Waals surface area (Å²) in [5.74, 6) is 0. The van der Waals surface area contributed by atoms with Crippen LogP contribution in [0.2, 0.25) is 0 Å². The molecule has 0 bridgehead atoms. The Morgan fingerprint density at radius 3 is 2.45 bits per heavy atom. The van der Waals surface area contributed by atoms with Crippen molar-refractivity contribution in [2.45, 2.75) is 12.5 Å². The second kappa shape index (κ2) is 5.98. The van der Waals surface area contributed by atoms with Crippen LogP contribution in [0.15, 0.2) is 56.1 Å². The Morgan fingerprint density at radius 1 is 1.00 bits per heavy atom. The minimum atomic E-state index is 0.00749. The van der Waals surface area contributed by atoms with Crippen molar-refractivity contribution < 1.29 is 0 Å². The van der Waals surface area contributed by atoms with Gasteiger partial charge in [0.1, 0.15) is 0 Å². The van der Waals surface area contributed by atoms with Gasteiger partial charge in [-0.2, -0.15) is 0 Å². The predicted molar refractivity (Wildman–Crippen MR) is 94.3 cm³/mol. The van der Waals surface area contributed by atoms with Gasteiger partial charge in [0.15, 0.2) is 0 Å². The minimum absolute atomic E-state index is 0.00749. The minimum Gasteiger partial charge on any atom is -0.324 e. The molecule has 102 valence electrons. The number of benzene rings is 2. The summed E-state index contributed by atoms with van der Waals surface area (Å²) >= 11 is 8.75. The Morgan fingerprint density at radius 2 is 1.75 bits per heavy atom. The lowest BCUT2D eigenvalue weighted by molar-refractivity contribution is 0.722. The van der Waals surface area contributed by atoms with Gasteiger partial charge in [-0.25, -0.2) is 0 Å². The Bertz CT molecular complexity index is 751. The second-order valence-corrected chi connectivity index (χ2v) is 8.52. The van der Waals surface area contributed by atoms with Crippen molar-refractivity contribution in [1.29, 1.82) is 0 Å². The van der Waals surface area contributed by atoms with E-state index in [9.17, 15) is 0 Å². The molecule has 3 aromatic rings. The summed E-state index contributed by atoms with van der Waals surface area (Å²) in [6.45, 7) is 0. The Labute approximate surface area is 139 Å². The van der Waals surface area contributed by atoms with E-state index >= 15 is 0 Å². The van der Waals surface area contributed by atoms with Crippen molar-refractivity contribution in [3.05, 3.63) is 67.2 Å². The van der Waals surface area contributed by atoms with Crippen LogP contribution in [0.1, 0.15) is 17.2 Å². The van der Waals surface area contributed by atoms with Gasteiger partial charge in [0.05, 0.1) is 7.57 Å². The molecule has 1 heterocycles. The molecule has 0 aliphatic heterocycles. The first-order valence-corrected chi connectivity index (χ1v) is 8.72. The van der Waals surface area contributed by atoms with Crippen molar-refractivity contribution in [2.75, 3.05) is 0 Å². The summed E-state index contributed by atoms with van der Waals surface area (Å²) in [5, 5.41) is 2.53. The molecular formula is C16H13Br2NS. The monoisotopic (exact) mass is 409 g/mol. The number of thiophene rings is 1. The summed E-state index contributed by atoms with van der Waals surface area (Å²) < 4.78 is 2.21. The third-order valence-electron chi connectivity index (χ3n) is 3.35. The van der Waals surface area contributed by atoms with Gasteiger partial charge in [-0.1, -0.05) is 42.5 Å². The van der Waals surface area contributed by atoms with Crippen molar-refractivity contribution in [3.63, 3.8) is 0 Å². The van der Waals surface area contributed by atoms with Crippen LogP contribution in [-0.2, 0) is 6.42 Å². The fourth-order valence-electron chi connectivity index (χ4n) is 2.34. The zero-order valence-electron chi connectivity index (χ0n) is 10.6. The summed E-state index contributed by atoms with van der Waals surface area (Å²) in [4.78, 5) is 0. The summed E-state index contributed by atoms with van der Waals surface area (Å²) in [7, 11) is 0.